The van der Waals surface area contributed by atoms with E-state index in [0.29, 0.717) is 17.8 Å². The van der Waals surface area contributed by atoms with Crippen LogP contribution in [0, 0.1) is 6.92 Å². The van der Waals surface area contributed by atoms with Crippen molar-refractivity contribution in [3.8, 4) is 0 Å². The van der Waals surface area contributed by atoms with E-state index in [4.69, 9.17) is 5.73 Å². The molecule has 0 atom stereocenters. The Balaban J connectivity index is 2.81. The second kappa shape index (κ2) is 6.05. The van der Waals surface area contributed by atoms with E-state index in [0.717, 1.165) is 5.56 Å². The molecule has 0 saturated carbocycles. The lowest BCUT2D eigenvalue weighted by Crippen LogP contribution is -2.38. The van der Waals surface area contributed by atoms with Crippen LogP contribution in [0.4, 0.5) is 5.69 Å². The van der Waals surface area contributed by atoms with E-state index in [1.807, 2.05) is 6.92 Å². The predicted octanol–water partition coefficient (Wildman–Crippen LogP) is 0.785. The van der Waals surface area contributed by atoms with Crippen LogP contribution in [0.3, 0.4) is 0 Å². The SMILES string of the molecule is CCNC(=O)CN(C)C(=O)c1cccc(N)c1C. The van der Waals surface area contributed by atoms with Crippen molar-refractivity contribution >= 4 is 17.5 Å². The summed E-state index contributed by atoms with van der Waals surface area (Å²) in [7, 11) is 1.60. The van der Waals surface area contributed by atoms with Gasteiger partial charge in [0, 0.05) is 24.8 Å². The molecule has 0 aliphatic carbocycles. The van der Waals surface area contributed by atoms with E-state index in [9.17, 15) is 9.59 Å². The van der Waals surface area contributed by atoms with E-state index in [1.54, 1.807) is 32.2 Å². The molecule has 2 amide bonds. The molecular formula is C13H19N3O2. The van der Waals surface area contributed by atoms with Gasteiger partial charge in [0.05, 0.1) is 6.54 Å². The molecule has 18 heavy (non-hydrogen) atoms. The zero-order valence-electron chi connectivity index (χ0n) is 11.0. The molecule has 0 aliphatic rings. The third-order valence-corrected chi connectivity index (χ3v) is 2.71. The van der Waals surface area contributed by atoms with Crippen LogP contribution in [0.15, 0.2) is 18.2 Å². The first-order valence-electron chi connectivity index (χ1n) is 5.84. The molecule has 5 heteroatoms. The molecule has 1 aromatic carbocycles. The van der Waals surface area contributed by atoms with Crippen molar-refractivity contribution in [3.63, 3.8) is 0 Å². The number of nitrogens with zero attached hydrogens (tertiary/aromatic N) is 1. The van der Waals surface area contributed by atoms with Crippen LogP contribution in [0.2, 0.25) is 0 Å². The number of amides is 2. The number of likely N-dealkylation sites (N-methyl/N-ethyl adjacent to an activating group) is 2. The Morgan fingerprint density at radius 1 is 1.39 bits per heavy atom. The number of hydrogen-bond acceptors (Lipinski definition) is 3. The molecular weight excluding hydrogens is 230 g/mol. The van der Waals surface area contributed by atoms with Gasteiger partial charge in [-0.15, -0.1) is 0 Å². The highest BCUT2D eigenvalue weighted by Crippen LogP contribution is 2.16. The van der Waals surface area contributed by atoms with Crippen LogP contribution >= 0.6 is 0 Å². The minimum Gasteiger partial charge on any atom is -0.398 e. The zero-order valence-corrected chi connectivity index (χ0v) is 11.0. The van der Waals surface area contributed by atoms with Gasteiger partial charge in [-0.05, 0) is 31.5 Å². The molecule has 0 saturated heterocycles. The molecule has 1 rings (SSSR count). The summed E-state index contributed by atoms with van der Waals surface area (Å²) in [6.07, 6.45) is 0. The molecule has 0 radical (unpaired) electrons. The van der Waals surface area contributed by atoms with Crippen LogP contribution in [0.1, 0.15) is 22.8 Å². The van der Waals surface area contributed by atoms with E-state index >= 15 is 0 Å². The lowest BCUT2D eigenvalue weighted by atomic mass is 10.1. The average Bonchev–Trinajstić information content (AvgIpc) is 2.32. The van der Waals surface area contributed by atoms with Crippen LogP contribution in [-0.2, 0) is 4.79 Å². The summed E-state index contributed by atoms with van der Waals surface area (Å²) >= 11 is 0. The third kappa shape index (κ3) is 3.23. The van der Waals surface area contributed by atoms with E-state index in [1.165, 1.54) is 4.90 Å². The van der Waals surface area contributed by atoms with Crippen molar-refractivity contribution in [2.24, 2.45) is 0 Å². The van der Waals surface area contributed by atoms with Crippen LogP contribution in [0.5, 0.6) is 0 Å². The fraction of sp³-hybridized carbons (Fsp3) is 0.385. The van der Waals surface area contributed by atoms with Gasteiger partial charge in [0.1, 0.15) is 0 Å². The van der Waals surface area contributed by atoms with Crippen molar-refractivity contribution in [2.75, 3.05) is 25.9 Å². The highest BCUT2D eigenvalue weighted by Gasteiger charge is 2.17. The van der Waals surface area contributed by atoms with E-state index < -0.39 is 0 Å². The molecule has 0 aliphatic heterocycles. The third-order valence-electron chi connectivity index (χ3n) is 2.71. The molecule has 0 unspecified atom stereocenters. The molecule has 98 valence electrons. The lowest BCUT2D eigenvalue weighted by Gasteiger charge is -2.18. The molecule has 5 nitrogen and oxygen atoms in total. The Morgan fingerprint density at radius 2 is 2.06 bits per heavy atom. The lowest BCUT2D eigenvalue weighted by molar-refractivity contribution is -0.121. The van der Waals surface area contributed by atoms with Gasteiger partial charge >= 0.3 is 0 Å². The first-order valence-corrected chi connectivity index (χ1v) is 5.84. The topological polar surface area (TPSA) is 75.4 Å². The monoisotopic (exact) mass is 249 g/mol. The minimum atomic E-state index is -0.203. The fourth-order valence-electron chi connectivity index (χ4n) is 1.63. The number of nitrogens with one attached hydrogen (secondary N) is 1. The Morgan fingerprint density at radius 3 is 2.67 bits per heavy atom. The number of carbonyl (C=O) groups excluding carboxylic acids is 2. The van der Waals surface area contributed by atoms with Gasteiger partial charge in [-0.1, -0.05) is 6.07 Å². The summed E-state index contributed by atoms with van der Waals surface area (Å²) in [4.78, 5) is 24.9. The zero-order chi connectivity index (χ0) is 13.7. The molecule has 0 spiro atoms. The number of carbonyl (C=O) groups is 2. The molecule has 1 aromatic rings. The molecule has 0 heterocycles. The summed E-state index contributed by atoms with van der Waals surface area (Å²) in [5.74, 6) is -0.374. The smallest absolute Gasteiger partial charge is 0.254 e. The molecule has 0 bridgehead atoms. The van der Waals surface area contributed by atoms with E-state index in [2.05, 4.69) is 5.32 Å². The molecule has 0 fully saturated rings. The largest absolute Gasteiger partial charge is 0.398 e. The van der Waals surface area contributed by atoms with Crippen LogP contribution in [0.25, 0.3) is 0 Å². The van der Waals surface area contributed by atoms with Crippen molar-refractivity contribution < 1.29 is 9.59 Å². The van der Waals surface area contributed by atoms with Gasteiger partial charge in [0.2, 0.25) is 5.91 Å². The van der Waals surface area contributed by atoms with Crippen molar-refractivity contribution in [2.45, 2.75) is 13.8 Å². The first kappa shape index (κ1) is 14.0. The maximum absolute atomic E-state index is 12.1. The summed E-state index contributed by atoms with van der Waals surface area (Å²) in [6.45, 7) is 4.23. The normalized spacial score (nSPS) is 9.94. The Labute approximate surface area is 107 Å². The van der Waals surface area contributed by atoms with Crippen LogP contribution < -0.4 is 11.1 Å². The van der Waals surface area contributed by atoms with Crippen LogP contribution in [-0.4, -0.2) is 36.9 Å². The molecule has 0 aromatic heterocycles. The summed E-state index contributed by atoms with van der Waals surface area (Å²) < 4.78 is 0. The Bertz CT molecular complexity index is 458. The standard InChI is InChI=1S/C13H19N3O2/c1-4-15-12(17)8-16(3)13(18)10-6-5-7-11(14)9(10)2/h5-7H,4,8,14H2,1-3H3,(H,15,17). The quantitative estimate of drug-likeness (QED) is 0.774. The van der Waals surface area contributed by atoms with Crippen molar-refractivity contribution in [1.29, 1.82) is 0 Å². The van der Waals surface area contributed by atoms with Gasteiger partial charge in [-0.25, -0.2) is 0 Å². The number of benzene rings is 1. The predicted molar refractivity (Wildman–Crippen MR) is 71.2 cm³/mol. The summed E-state index contributed by atoms with van der Waals surface area (Å²) in [5.41, 5.74) is 7.60. The molecule has 3 N–H and O–H groups in total. The first-order chi connectivity index (χ1) is 8.47. The highest BCUT2D eigenvalue weighted by atomic mass is 16.2. The second-order valence-corrected chi connectivity index (χ2v) is 4.13. The minimum absolute atomic E-state index is 0.0426. The number of rotatable bonds is 4. The van der Waals surface area contributed by atoms with Gasteiger partial charge in [0.25, 0.3) is 5.91 Å². The highest BCUT2D eigenvalue weighted by molar-refractivity contribution is 5.98. The maximum Gasteiger partial charge on any atom is 0.254 e. The Kier molecular flexibility index (Phi) is 4.71. The van der Waals surface area contributed by atoms with Gasteiger partial charge in [0.15, 0.2) is 0 Å². The summed E-state index contributed by atoms with van der Waals surface area (Å²) in [6, 6.07) is 5.19. The maximum atomic E-state index is 12.1. The number of nitrogens with two attached hydrogens (primary N) is 1. The van der Waals surface area contributed by atoms with Gasteiger partial charge in [-0.3, -0.25) is 9.59 Å². The second-order valence-electron chi connectivity index (χ2n) is 4.13. The Hall–Kier alpha value is -2.04. The number of nitrogen functional groups attached to an aromatic ring is 1. The van der Waals surface area contributed by atoms with Crippen molar-refractivity contribution in [1.82, 2.24) is 10.2 Å². The number of hydrogen-bond donors (Lipinski definition) is 2. The summed E-state index contributed by atoms with van der Waals surface area (Å²) in [5, 5.41) is 2.65. The van der Waals surface area contributed by atoms with Gasteiger partial charge < -0.3 is 16.0 Å². The average molecular weight is 249 g/mol. The number of anilines is 1. The van der Waals surface area contributed by atoms with Crippen molar-refractivity contribution in [3.05, 3.63) is 29.3 Å². The van der Waals surface area contributed by atoms with Gasteiger partial charge in [-0.2, -0.15) is 0 Å². The van der Waals surface area contributed by atoms with E-state index in [-0.39, 0.29) is 18.4 Å². The fourth-order valence-corrected chi connectivity index (χ4v) is 1.63.